The number of benzene rings is 2. The van der Waals surface area contributed by atoms with Crippen molar-refractivity contribution in [1.29, 1.82) is 0 Å². The normalized spacial score (nSPS) is 10.3. The van der Waals surface area contributed by atoms with Crippen molar-refractivity contribution < 1.29 is 4.39 Å². The van der Waals surface area contributed by atoms with Crippen LogP contribution in [0.3, 0.4) is 0 Å². The van der Waals surface area contributed by atoms with Crippen LogP contribution in [-0.2, 0) is 0 Å². The van der Waals surface area contributed by atoms with Gasteiger partial charge < -0.3 is 11.1 Å². The fourth-order valence-electron chi connectivity index (χ4n) is 1.40. The molecule has 2 nitrogen and oxygen atoms in total. The topological polar surface area (TPSA) is 38.0 Å². The molecule has 5 heteroatoms. The fourth-order valence-corrected chi connectivity index (χ4v) is 2.54. The summed E-state index contributed by atoms with van der Waals surface area (Å²) < 4.78 is 15.3. The second-order valence-electron chi connectivity index (χ2n) is 3.45. The molecule has 0 aromatic heterocycles. The van der Waals surface area contributed by atoms with E-state index in [2.05, 4.69) is 37.2 Å². The molecule has 0 saturated heterocycles. The smallest absolute Gasteiger partial charge is 0.148 e. The lowest BCUT2D eigenvalue weighted by molar-refractivity contribution is 0.632. The average molecular weight is 360 g/mol. The number of nitrogens with one attached hydrogen (secondary N) is 1. The first-order valence-electron chi connectivity index (χ1n) is 4.84. The molecule has 0 fully saturated rings. The number of anilines is 3. The van der Waals surface area contributed by atoms with Gasteiger partial charge in [-0.05, 0) is 46.3 Å². The Kier molecular flexibility index (Phi) is 3.69. The molecule has 2 rings (SSSR count). The van der Waals surface area contributed by atoms with E-state index in [1.807, 2.05) is 18.2 Å². The summed E-state index contributed by atoms with van der Waals surface area (Å²) in [5, 5.41) is 2.97. The molecule has 3 N–H and O–H groups in total. The van der Waals surface area contributed by atoms with Gasteiger partial charge in [-0.2, -0.15) is 0 Å². The number of nitrogens with two attached hydrogens (primary N) is 1. The van der Waals surface area contributed by atoms with Crippen molar-refractivity contribution in [1.82, 2.24) is 0 Å². The van der Waals surface area contributed by atoms with Gasteiger partial charge in [-0.15, -0.1) is 0 Å². The molecule has 0 bridgehead atoms. The van der Waals surface area contributed by atoms with E-state index in [0.29, 0.717) is 5.69 Å². The third kappa shape index (κ3) is 2.79. The standard InChI is InChI=1S/C12H9Br2FN2/c13-7-4-5-11(8(14)6-7)17-12-9(15)2-1-3-10(12)16/h1-6,17H,16H2. The molecule has 2 aromatic rings. The van der Waals surface area contributed by atoms with Gasteiger partial charge in [-0.1, -0.05) is 22.0 Å². The number of rotatable bonds is 2. The van der Waals surface area contributed by atoms with Crippen molar-refractivity contribution >= 4 is 48.9 Å². The quantitative estimate of drug-likeness (QED) is 0.764. The van der Waals surface area contributed by atoms with E-state index in [4.69, 9.17) is 5.73 Å². The summed E-state index contributed by atoms with van der Waals surface area (Å²) in [6.07, 6.45) is 0. The number of hydrogen-bond donors (Lipinski definition) is 2. The minimum Gasteiger partial charge on any atom is -0.397 e. The van der Waals surface area contributed by atoms with E-state index in [-0.39, 0.29) is 11.5 Å². The van der Waals surface area contributed by atoms with Gasteiger partial charge >= 0.3 is 0 Å². The van der Waals surface area contributed by atoms with Crippen LogP contribution in [0.4, 0.5) is 21.5 Å². The minimum atomic E-state index is -0.375. The zero-order chi connectivity index (χ0) is 12.4. The monoisotopic (exact) mass is 358 g/mol. The summed E-state index contributed by atoms with van der Waals surface area (Å²) in [5.74, 6) is -0.375. The van der Waals surface area contributed by atoms with Crippen molar-refractivity contribution in [3.8, 4) is 0 Å². The largest absolute Gasteiger partial charge is 0.397 e. The highest BCUT2D eigenvalue weighted by Gasteiger charge is 2.08. The third-order valence-electron chi connectivity index (χ3n) is 2.24. The molecule has 0 aliphatic carbocycles. The molecule has 0 atom stereocenters. The highest BCUT2D eigenvalue weighted by molar-refractivity contribution is 9.11. The first-order chi connectivity index (χ1) is 8.08. The lowest BCUT2D eigenvalue weighted by Crippen LogP contribution is -1.99. The summed E-state index contributed by atoms with van der Waals surface area (Å²) in [6, 6.07) is 10.2. The maximum atomic E-state index is 13.6. The van der Waals surface area contributed by atoms with Crippen LogP contribution in [-0.4, -0.2) is 0 Å². The molecule has 0 saturated carbocycles. The molecule has 88 valence electrons. The highest BCUT2D eigenvalue weighted by atomic mass is 79.9. The lowest BCUT2D eigenvalue weighted by Gasteiger charge is -2.11. The third-order valence-corrected chi connectivity index (χ3v) is 3.39. The molecule has 0 radical (unpaired) electrons. The van der Waals surface area contributed by atoms with Crippen LogP contribution in [0.25, 0.3) is 0 Å². The summed E-state index contributed by atoms with van der Waals surface area (Å²) >= 11 is 6.75. The van der Waals surface area contributed by atoms with Gasteiger partial charge in [-0.3, -0.25) is 0 Å². The van der Waals surface area contributed by atoms with E-state index in [1.165, 1.54) is 6.07 Å². The number of hydrogen-bond acceptors (Lipinski definition) is 2. The molecular formula is C12H9Br2FN2. The molecule has 0 heterocycles. The Hall–Kier alpha value is -1.07. The zero-order valence-corrected chi connectivity index (χ0v) is 11.8. The van der Waals surface area contributed by atoms with Gasteiger partial charge in [0.05, 0.1) is 17.1 Å². The number of para-hydroxylation sites is 1. The second kappa shape index (κ2) is 5.06. The molecule has 0 spiro atoms. The van der Waals surface area contributed by atoms with Crippen molar-refractivity contribution in [2.45, 2.75) is 0 Å². The van der Waals surface area contributed by atoms with E-state index >= 15 is 0 Å². The number of halogens is 3. The minimum absolute atomic E-state index is 0.288. The maximum absolute atomic E-state index is 13.6. The first-order valence-corrected chi connectivity index (χ1v) is 6.42. The summed E-state index contributed by atoms with van der Waals surface area (Å²) in [4.78, 5) is 0. The van der Waals surface area contributed by atoms with Gasteiger partial charge in [0, 0.05) is 8.95 Å². The molecule has 0 aliphatic rings. The van der Waals surface area contributed by atoms with Crippen LogP contribution in [0.2, 0.25) is 0 Å². The summed E-state index contributed by atoms with van der Waals surface area (Å²) in [5.41, 5.74) is 7.14. The van der Waals surface area contributed by atoms with Crippen molar-refractivity contribution in [2.75, 3.05) is 11.1 Å². The molecular weight excluding hydrogens is 351 g/mol. The molecule has 0 aliphatic heterocycles. The summed E-state index contributed by atoms with van der Waals surface area (Å²) in [7, 11) is 0. The Bertz CT molecular complexity index is 538. The van der Waals surface area contributed by atoms with Gasteiger partial charge in [-0.25, -0.2) is 4.39 Å². The van der Waals surface area contributed by atoms with Crippen molar-refractivity contribution in [2.24, 2.45) is 0 Å². The Morgan fingerprint density at radius 1 is 1.12 bits per heavy atom. The Morgan fingerprint density at radius 3 is 2.53 bits per heavy atom. The van der Waals surface area contributed by atoms with Gasteiger partial charge in [0.25, 0.3) is 0 Å². The van der Waals surface area contributed by atoms with Crippen LogP contribution in [0.1, 0.15) is 0 Å². The average Bonchev–Trinajstić information content (AvgIpc) is 2.26. The van der Waals surface area contributed by atoms with Gasteiger partial charge in [0.15, 0.2) is 0 Å². The van der Waals surface area contributed by atoms with Gasteiger partial charge in [0.2, 0.25) is 0 Å². The highest BCUT2D eigenvalue weighted by Crippen LogP contribution is 2.32. The SMILES string of the molecule is Nc1cccc(F)c1Nc1ccc(Br)cc1Br. The molecule has 0 amide bonds. The zero-order valence-electron chi connectivity index (χ0n) is 8.68. The fraction of sp³-hybridized carbons (Fsp3) is 0. The van der Waals surface area contributed by atoms with E-state index < -0.39 is 0 Å². The van der Waals surface area contributed by atoms with Gasteiger partial charge in [0.1, 0.15) is 5.82 Å². The molecule has 0 unspecified atom stereocenters. The van der Waals surface area contributed by atoms with Crippen molar-refractivity contribution in [3.05, 3.63) is 51.2 Å². The van der Waals surface area contributed by atoms with Crippen LogP contribution in [0.5, 0.6) is 0 Å². The van der Waals surface area contributed by atoms with Crippen molar-refractivity contribution in [3.63, 3.8) is 0 Å². The van der Waals surface area contributed by atoms with E-state index in [9.17, 15) is 4.39 Å². The molecule has 2 aromatic carbocycles. The maximum Gasteiger partial charge on any atom is 0.148 e. The Balaban J connectivity index is 2.38. The lowest BCUT2D eigenvalue weighted by atomic mass is 10.2. The van der Waals surface area contributed by atoms with Crippen LogP contribution in [0, 0.1) is 5.82 Å². The second-order valence-corrected chi connectivity index (χ2v) is 5.22. The van der Waals surface area contributed by atoms with E-state index in [1.54, 1.807) is 12.1 Å². The Morgan fingerprint density at radius 2 is 1.88 bits per heavy atom. The predicted octanol–water partition coefficient (Wildman–Crippen LogP) is 4.68. The van der Waals surface area contributed by atoms with E-state index in [0.717, 1.165) is 14.6 Å². The van der Waals surface area contributed by atoms with Crippen LogP contribution < -0.4 is 11.1 Å². The predicted molar refractivity (Wildman–Crippen MR) is 75.9 cm³/mol. The number of nitrogen functional groups attached to an aromatic ring is 1. The van der Waals surface area contributed by atoms with Crippen LogP contribution >= 0.6 is 31.9 Å². The Labute approximate surface area is 115 Å². The summed E-state index contributed by atoms with van der Waals surface area (Å²) in [6.45, 7) is 0. The first kappa shape index (κ1) is 12.4. The molecule has 17 heavy (non-hydrogen) atoms. The van der Waals surface area contributed by atoms with Crippen LogP contribution in [0.15, 0.2) is 45.3 Å².